The van der Waals surface area contributed by atoms with Crippen LogP contribution in [0.5, 0.6) is 0 Å². The van der Waals surface area contributed by atoms with Gasteiger partial charge in [0.05, 0.1) is 12.6 Å². The fourth-order valence-corrected chi connectivity index (χ4v) is 2.81. The van der Waals surface area contributed by atoms with Crippen LogP contribution >= 0.6 is 0 Å². The van der Waals surface area contributed by atoms with Crippen molar-refractivity contribution in [2.24, 2.45) is 5.92 Å². The minimum atomic E-state index is 0.00613. The summed E-state index contributed by atoms with van der Waals surface area (Å²) < 4.78 is 0. The molecule has 1 aromatic heterocycles. The normalized spacial score (nSPS) is 19.3. The van der Waals surface area contributed by atoms with Crippen LogP contribution in [0.25, 0.3) is 0 Å². The molecule has 23 heavy (non-hydrogen) atoms. The number of aromatic nitrogens is 2. The number of carbonyl (C=O) groups is 1. The number of aliphatic hydroxyl groups excluding tert-OH is 1. The number of amides is 1. The number of hydrogen-bond acceptors (Lipinski definition) is 6. The van der Waals surface area contributed by atoms with Gasteiger partial charge < -0.3 is 20.6 Å². The van der Waals surface area contributed by atoms with Crippen molar-refractivity contribution < 1.29 is 9.90 Å². The Labute approximate surface area is 137 Å². The van der Waals surface area contributed by atoms with E-state index in [9.17, 15) is 9.90 Å². The van der Waals surface area contributed by atoms with Crippen LogP contribution in [-0.2, 0) is 4.79 Å². The lowest BCUT2D eigenvalue weighted by Crippen LogP contribution is -2.41. The van der Waals surface area contributed by atoms with Gasteiger partial charge in [0, 0.05) is 32.6 Å². The molecule has 3 N–H and O–H groups in total. The fraction of sp³-hybridized carbons (Fsp3) is 0.688. The van der Waals surface area contributed by atoms with Gasteiger partial charge in [-0.1, -0.05) is 6.92 Å². The second-order valence-corrected chi connectivity index (χ2v) is 6.08. The van der Waals surface area contributed by atoms with E-state index in [4.69, 9.17) is 0 Å². The molecule has 1 aromatic rings. The van der Waals surface area contributed by atoms with Gasteiger partial charge in [-0.05, 0) is 25.2 Å². The van der Waals surface area contributed by atoms with Crippen LogP contribution in [-0.4, -0.2) is 53.3 Å². The molecule has 1 aliphatic rings. The van der Waals surface area contributed by atoms with Crippen LogP contribution in [0, 0.1) is 5.92 Å². The van der Waals surface area contributed by atoms with Gasteiger partial charge in [-0.25, -0.2) is 9.97 Å². The number of carbonyl (C=O) groups excluding carboxylic acids is 1. The van der Waals surface area contributed by atoms with Crippen molar-refractivity contribution in [1.82, 2.24) is 15.3 Å². The summed E-state index contributed by atoms with van der Waals surface area (Å²) in [7, 11) is 0. The third kappa shape index (κ3) is 5.35. The maximum absolute atomic E-state index is 11.1. The van der Waals surface area contributed by atoms with Crippen molar-refractivity contribution in [3.63, 3.8) is 0 Å². The van der Waals surface area contributed by atoms with E-state index in [-0.39, 0.29) is 18.6 Å². The molecule has 2 heterocycles. The van der Waals surface area contributed by atoms with Crippen molar-refractivity contribution in [3.05, 3.63) is 12.4 Å². The lowest BCUT2D eigenvalue weighted by molar-refractivity contribution is -0.119. The van der Waals surface area contributed by atoms with Crippen molar-refractivity contribution in [3.8, 4) is 0 Å². The molecule has 0 bridgehead atoms. The van der Waals surface area contributed by atoms with E-state index < -0.39 is 0 Å². The van der Waals surface area contributed by atoms with Gasteiger partial charge in [0.1, 0.15) is 18.0 Å². The van der Waals surface area contributed by atoms with E-state index in [0.717, 1.165) is 44.0 Å². The van der Waals surface area contributed by atoms with Crippen molar-refractivity contribution in [2.75, 3.05) is 36.5 Å². The summed E-state index contributed by atoms with van der Waals surface area (Å²) in [6.45, 7) is 6.21. The topological polar surface area (TPSA) is 90.4 Å². The molecule has 2 unspecified atom stereocenters. The molecule has 0 saturated carbocycles. The van der Waals surface area contributed by atoms with Crippen LogP contribution in [0.2, 0.25) is 0 Å². The lowest BCUT2D eigenvalue weighted by atomic mass is 9.98. The quantitative estimate of drug-likeness (QED) is 0.694. The van der Waals surface area contributed by atoms with E-state index in [0.29, 0.717) is 12.5 Å². The van der Waals surface area contributed by atoms with Crippen LogP contribution in [0.15, 0.2) is 12.4 Å². The Hall–Kier alpha value is -1.89. The van der Waals surface area contributed by atoms with Gasteiger partial charge in [-0.2, -0.15) is 0 Å². The van der Waals surface area contributed by atoms with Gasteiger partial charge in [0.15, 0.2) is 0 Å². The van der Waals surface area contributed by atoms with Crippen molar-refractivity contribution >= 4 is 17.5 Å². The third-order valence-corrected chi connectivity index (χ3v) is 4.20. The van der Waals surface area contributed by atoms with Crippen molar-refractivity contribution in [2.45, 2.75) is 39.2 Å². The number of anilines is 2. The fourth-order valence-electron chi connectivity index (χ4n) is 2.81. The minimum absolute atomic E-state index is 0.00613. The molecule has 128 valence electrons. The summed E-state index contributed by atoms with van der Waals surface area (Å²) in [6.07, 6.45) is 4.60. The highest BCUT2D eigenvalue weighted by Gasteiger charge is 2.21. The van der Waals surface area contributed by atoms with Gasteiger partial charge >= 0.3 is 0 Å². The number of nitrogens with one attached hydrogen (secondary N) is 2. The Morgan fingerprint density at radius 3 is 3.04 bits per heavy atom. The van der Waals surface area contributed by atoms with E-state index in [1.165, 1.54) is 0 Å². The first kappa shape index (κ1) is 17.5. The molecule has 7 heteroatoms. The first-order valence-corrected chi connectivity index (χ1v) is 8.31. The summed E-state index contributed by atoms with van der Waals surface area (Å²) in [6, 6.07) is 1.94. The molecule has 1 saturated heterocycles. The summed E-state index contributed by atoms with van der Waals surface area (Å²) in [4.78, 5) is 21.9. The van der Waals surface area contributed by atoms with Crippen LogP contribution < -0.4 is 15.5 Å². The van der Waals surface area contributed by atoms with Gasteiger partial charge in [0.25, 0.3) is 0 Å². The van der Waals surface area contributed by atoms with E-state index in [2.05, 4.69) is 25.5 Å². The molecule has 1 aliphatic heterocycles. The smallest absolute Gasteiger partial charge is 0.216 e. The monoisotopic (exact) mass is 321 g/mol. The molecule has 0 aromatic carbocycles. The third-order valence-electron chi connectivity index (χ3n) is 4.20. The molecular weight excluding hydrogens is 294 g/mol. The standard InChI is InChI=1S/C16H27N5O2/c1-3-14(10-22)20-15-7-16(19-11-18-15)21-6-4-5-13(9-21)8-17-12(2)23/h7,11,13-14,22H,3-6,8-10H2,1-2H3,(H,17,23)(H,18,19,20). The highest BCUT2D eigenvalue weighted by molar-refractivity contribution is 5.72. The minimum Gasteiger partial charge on any atom is -0.394 e. The van der Waals surface area contributed by atoms with E-state index in [1.54, 1.807) is 13.3 Å². The first-order chi connectivity index (χ1) is 11.1. The average molecular weight is 321 g/mol. The summed E-state index contributed by atoms with van der Waals surface area (Å²) in [5, 5.41) is 15.4. The van der Waals surface area contributed by atoms with Gasteiger partial charge in [0.2, 0.25) is 5.91 Å². The Morgan fingerprint density at radius 1 is 1.52 bits per heavy atom. The number of aliphatic hydroxyl groups is 1. The van der Waals surface area contributed by atoms with Gasteiger partial charge in [-0.3, -0.25) is 4.79 Å². The molecule has 2 rings (SSSR count). The van der Waals surface area contributed by atoms with Crippen LogP contribution in [0.1, 0.15) is 33.1 Å². The molecule has 0 aliphatic carbocycles. The van der Waals surface area contributed by atoms with Crippen LogP contribution in [0.4, 0.5) is 11.6 Å². The molecule has 0 radical (unpaired) electrons. The SMILES string of the molecule is CCC(CO)Nc1cc(N2CCCC(CNC(C)=O)C2)ncn1. The largest absolute Gasteiger partial charge is 0.394 e. The molecule has 1 amide bonds. The average Bonchev–Trinajstić information content (AvgIpc) is 2.58. The predicted octanol–water partition coefficient (Wildman–Crippen LogP) is 1.01. The zero-order chi connectivity index (χ0) is 16.7. The van der Waals surface area contributed by atoms with Crippen LogP contribution in [0.3, 0.4) is 0 Å². The number of rotatable bonds is 7. The molecule has 0 spiro atoms. The van der Waals surface area contributed by atoms with E-state index in [1.807, 2.05) is 13.0 Å². The maximum Gasteiger partial charge on any atom is 0.216 e. The Bertz CT molecular complexity index is 507. The number of hydrogen-bond donors (Lipinski definition) is 3. The molecule has 1 fully saturated rings. The number of nitrogens with zero attached hydrogens (tertiary/aromatic N) is 3. The Kier molecular flexibility index (Phi) is 6.58. The molecular formula is C16H27N5O2. The highest BCUT2D eigenvalue weighted by atomic mass is 16.3. The first-order valence-electron chi connectivity index (χ1n) is 8.31. The van der Waals surface area contributed by atoms with Gasteiger partial charge in [-0.15, -0.1) is 0 Å². The van der Waals surface area contributed by atoms with Crippen molar-refractivity contribution in [1.29, 1.82) is 0 Å². The Morgan fingerprint density at radius 2 is 2.35 bits per heavy atom. The zero-order valence-electron chi connectivity index (χ0n) is 14.0. The lowest BCUT2D eigenvalue weighted by Gasteiger charge is -2.33. The number of piperidine rings is 1. The molecule has 7 nitrogen and oxygen atoms in total. The zero-order valence-corrected chi connectivity index (χ0v) is 14.0. The summed E-state index contributed by atoms with van der Waals surface area (Å²) in [5.74, 6) is 2.09. The highest BCUT2D eigenvalue weighted by Crippen LogP contribution is 2.22. The molecule has 2 atom stereocenters. The second-order valence-electron chi connectivity index (χ2n) is 6.08. The predicted molar refractivity (Wildman–Crippen MR) is 90.4 cm³/mol. The summed E-state index contributed by atoms with van der Waals surface area (Å²) >= 11 is 0. The summed E-state index contributed by atoms with van der Waals surface area (Å²) in [5.41, 5.74) is 0. The maximum atomic E-state index is 11.1. The Balaban J connectivity index is 1.98. The second kappa shape index (κ2) is 8.67. The van der Waals surface area contributed by atoms with E-state index >= 15 is 0 Å².